The van der Waals surface area contributed by atoms with Crippen molar-refractivity contribution in [2.24, 2.45) is 5.73 Å². The van der Waals surface area contributed by atoms with Crippen LogP contribution < -0.4 is 5.73 Å². The van der Waals surface area contributed by atoms with Crippen molar-refractivity contribution in [3.05, 3.63) is 47.2 Å². The lowest BCUT2D eigenvalue weighted by atomic mass is 10.0. The van der Waals surface area contributed by atoms with Gasteiger partial charge < -0.3 is 10.5 Å². The van der Waals surface area contributed by atoms with Crippen LogP contribution in [-0.2, 0) is 4.74 Å². The summed E-state index contributed by atoms with van der Waals surface area (Å²) in [6.07, 6.45) is 3.06. The van der Waals surface area contributed by atoms with E-state index in [-0.39, 0.29) is 6.04 Å². The first kappa shape index (κ1) is 9.28. The third kappa shape index (κ3) is 1.80. The topological polar surface area (TPSA) is 35.2 Å². The average Bonchev–Trinajstić information content (AvgIpc) is 2.69. The van der Waals surface area contributed by atoms with E-state index in [1.165, 1.54) is 5.56 Å². The molecule has 0 aromatic heterocycles. The molecule has 1 aliphatic heterocycles. The Morgan fingerprint density at radius 3 is 2.93 bits per heavy atom. The molecule has 1 aromatic carbocycles. The van der Waals surface area contributed by atoms with Crippen LogP contribution in [0.4, 0.5) is 0 Å². The first-order valence-corrected chi connectivity index (χ1v) is 4.92. The van der Waals surface area contributed by atoms with Gasteiger partial charge in [0.2, 0.25) is 0 Å². The number of rotatable bonds is 2. The summed E-state index contributed by atoms with van der Waals surface area (Å²) in [4.78, 5) is 0. The van der Waals surface area contributed by atoms with Crippen molar-refractivity contribution in [1.82, 2.24) is 0 Å². The molecule has 0 fully saturated rings. The number of hydrogen-bond acceptors (Lipinski definition) is 2. The van der Waals surface area contributed by atoms with Crippen molar-refractivity contribution in [3.8, 4) is 0 Å². The molecule has 0 saturated carbocycles. The number of ether oxygens (including phenoxy) is 1. The summed E-state index contributed by atoms with van der Waals surface area (Å²) in [5.41, 5.74) is 8.43. The minimum absolute atomic E-state index is 0.0996. The fraction of sp³-hybridized carbons (Fsp3) is 0.333. The maximum Gasteiger partial charge on any atom is 0.113 e. The van der Waals surface area contributed by atoms with Crippen molar-refractivity contribution in [3.63, 3.8) is 0 Å². The quantitative estimate of drug-likeness (QED) is 0.774. The Bertz CT molecular complexity index is 357. The molecule has 2 heteroatoms. The zero-order valence-corrected chi connectivity index (χ0v) is 8.36. The lowest BCUT2D eigenvalue weighted by Crippen LogP contribution is -2.13. The molecular weight excluding hydrogens is 174 g/mol. The van der Waals surface area contributed by atoms with Crippen LogP contribution in [0.5, 0.6) is 0 Å². The lowest BCUT2D eigenvalue weighted by Gasteiger charge is -2.13. The number of hydrogen-bond donors (Lipinski definition) is 1. The van der Waals surface area contributed by atoms with Crippen LogP contribution in [0.1, 0.15) is 23.6 Å². The van der Waals surface area contributed by atoms with E-state index >= 15 is 0 Å². The SMILES string of the molecule is Cc1cccc(C(N)C2=CCCO2)c1. The Morgan fingerprint density at radius 1 is 1.43 bits per heavy atom. The Labute approximate surface area is 84.4 Å². The highest BCUT2D eigenvalue weighted by Crippen LogP contribution is 2.24. The zero-order chi connectivity index (χ0) is 9.97. The van der Waals surface area contributed by atoms with Crippen LogP contribution in [0.15, 0.2) is 36.1 Å². The van der Waals surface area contributed by atoms with Crippen molar-refractivity contribution in [1.29, 1.82) is 0 Å². The minimum Gasteiger partial charge on any atom is -0.496 e. The summed E-state index contributed by atoms with van der Waals surface area (Å²) in [6.45, 7) is 2.84. The van der Waals surface area contributed by atoms with E-state index in [4.69, 9.17) is 10.5 Å². The van der Waals surface area contributed by atoms with E-state index in [1.54, 1.807) is 0 Å². The predicted octanol–water partition coefficient (Wildman–Crippen LogP) is 2.30. The first-order valence-electron chi connectivity index (χ1n) is 4.92. The van der Waals surface area contributed by atoms with Crippen molar-refractivity contribution in [2.45, 2.75) is 19.4 Å². The smallest absolute Gasteiger partial charge is 0.113 e. The van der Waals surface area contributed by atoms with Crippen molar-refractivity contribution < 1.29 is 4.74 Å². The van der Waals surface area contributed by atoms with Gasteiger partial charge in [-0.05, 0) is 18.6 Å². The molecule has 2 N–H and O–H groups in total. The van der Waals surface area contributed by atoms with Gasteiger partial charge in [0.1, 0.15) is 5.76 Å². The molecule has 0 saturated heterocycles. The third-order valence-electron chi connectivity index (χ3n) is 2.44. The van der Waals surface area contributed by atoms with Gasteiger partial charge in [0.05, 0.1) is 12.6 Å². The molecule has 1 unspecified atom stereocenters. The molecule has 0 spiro atoms. The Balaban J connectivity index is 2.22. The molecule has 0 radical (unpaired) electrons. The van der Waals surface area contributed by atoms with Gasteiger partial charge in [0.25, 0.3) is 0 Å². The van der Waals surface area contributed by atoms with Gasteiger partial charge in [0.15, 0.2) is 0 Å². The number of benzene rings is 1. The molecule has 0 bridgehead atoms. The summed E-state index contributed by atoms with van der Waals surface area (Å²) in [5.74, 6) is 0.913. The Morgan fingerprint density at radius 2 is 2.29 bits per heavy atom. The predicted molar refractivity (Wildman–Crippen MR) is 56.8 cm³/mol. The van der Waals surface area contributed by atoms with Crippen LogP contribution >= 0.6 is 0 Å². The van der Waals surface area contributed by atoms with E-state index in [2.05, 4.69) is 25.1 Å². The van der Waals surface area contributed by atoms with Crippen molar-refractivity contribution in [2.75, 3.05) is 6.61 Å². The van der Waals surface area contributed by atoms with Crippen LogP contribution in [0.25, 0.3) is 0 Å². The Kier molecular flexibility index (Phi) is 2.55. The summed E-state index contributed by atoms with van der Waals surface area (Å²) in [5, 5.41) is 0. The fourth-order valence-corrected chi connectivity index (χ4v) is 1.68. The standard InChI is InChI=1S/C12H15NO/c1-9-4-2-5-10(8-9)12(13)11-6-3-7-14-11/h2,4-6,8,12H,3,7,13H2,1H3. The second-order valence-corrected chi connectivity index (χ2v) is 3.64. The van der Waals surface area contributed by atoms with Gasteiger partial charge in [-0.3, -0.25) is 0 Å². The van der Waals surface area contributed by atoms with Gasteiger partial charge in [-0.2, -0.15) is 0 Å². The summed E-state index contributed by atoms with van der Waals surface area (Å²) >= 11 is 0. The fourth-order valence-electron chi connectivity index (χ4n) is 1.68. The van der Waals surface area contributed by atoms with E-state index in [0.717, 1.165) is 24.4 Å². The summed E-state index contributed by atoms with van der Waals surface area (Å²) in [7, 11) is 0. The van der Waals surface area contributed by atoms with Crippen LogP contribution in [-0.4, -0.2) is 6.61 Å². The maximum atomic E-state index is 6.08. The first-order chi connectivity index (χ1) is 6.77. The highest BCUT2D eigenvalue weighted by Gasteiger charge is 2.16. The minimum atomic E-state index is -0.0996. The molecule has 1 atom stereocenters. The van der Waals surface area contributed by atoms with E-state index < -0.39 is 0 Å². The van der Waals surface area contributed by atoms with Crippen LogP contribution in [0, 0.1) is 6.92 Å². The van der Waals surface area contributed by atoms with E-state index in [9.17, 15) is 0 Å². The molecule has 0 aliphatic carbocycles. The maximum absolute atomic E-state index is 6.08. The molecule has 1 aromatic rings. The molecule has 1 aliphatic rings. The molecule has 2 rings (SSSR count). The molecule has 2 nitrogen and oxygen atoms in total. The van der Waals surface area contributed by atoms with Gasteiger partial charge in [-0.1, -0.05) is 29.8 Å². The zero-order valence-electron chi connectivity index (χ0n) is 8.36. The highest BCUT2D eigenvalue weighted by molar-refractivity contribution is 5.29. The monoisotopic (exact) mass is 189 g/mol. The highest BCUT2D eigenvalue weighted by atomic mass is 16.5. The van der Waals surface area contributed by atoms with Gasteiger partial charge in [-0.15, -0.1) is 0 Å². The normalized spacial score (nSPS) is 17.4. The van der Waals surface area contributed by atoms with E-state index in [0.29, 0.717) is 0 Å². The van der Waals surface area contributed by atoms with Gasteiger partial charge in [-0.25, -0.2) is 0 Å². The van der Waals surface area contributed by atoms with Gasteiger partial charge >= 0.3 is 0 Å². The van der Waals surface area contributed by atoms with Gasteiger partial charge in [0, 0.05) is 6.42 Å². The molecule has 1 heterocycles. The summed E-state index contributed by atoms with van der Waals surface area (Å²) in [6, 6.07) is 8.14. The molecular formula is C12H15NO. The molecule has 14 heavy (non-hydrogen) atoms. The second-order valence-electron chi connectivity index (χ2n) is 3.64. The van der Waals surface area contributed by atoms with Crippen molar-refractivity contribution >= 4 is 0 Å². The Hall–Kier alpha value is -1.28. The van der Waals surface area contributed by atoms with Crippen LogP contribution in [0.3, 0.4) is 0 Å². The summed E-state index contributed by atoms with van der Waals surface area (Å²) < 4.78 is 5.45. The largest absolute Gasteiger partial charge is 0.496 e. The lowest BCUT2D eigenvalue weighted by molar-refractivity contribution is 0.225. The van der Waals surface area contributed by atoms with Crippen LogP contribution in [0.2, 0.25) is 0 Å². The number of nitrogens with two attached hydrogens (primary N) is 1. The molecule has 74 valence electrons. The third-order valence-corrected chi connectivity index (χ3v) is 2.44. The molecule has 0 amide bonds. The second kappa shape index (κ2) is 3.84. The number of aryl methyl sites for hydroxylation is 1. The van der Waals surface area contributed by atoms with E-state index in [1.807, 2.05) is 12.1 Å². The average molecular weight is 189 g/mol.